The van der Waals surface area contributed by atoms with E-state index in [1.54, 1.807) is 60.1 Å². The molecule has 2 aromatic carbocycles. The van der Waals surface area contributed by atoms with Crippen LogP contribution < -0.4 is 16.4 Å². The summed E-state index contributed by atoms with van der Waals surface area (Å²) < 4.78 is 15.7. The summed E-state index contributed by atoms with van der Waals surface area (Å²) in [5, 5.41) is 5.65. The average molecular weight is 516 g/mol. The number of nitrogens with one attached hydrogen (secondary N) is 2. The molecular weight excluding hydrogens is 485 g/mol. The first kappa shape index (κ1) is 26.5. The molecule has 0 radical (unpaired) electrons. The minimum absolute atomic E-state index is 0.245. The van der Waals surface area contributed by atoms with Gasteiger partial charge in [0.05, 0.1) is 6.04 Å². The molecule has 4 N–H and O–H groups in total. The van der Waals surface area contributed by atoms with Crippen molar-refractivity contribution < 1.29 is 14.0 Å². The van der Waals surface area contributed by atoms with Crippen LogP contribution in [-0.2, 0) is 4.79 Å². The number of nitrogens with zero attached hydrogens (tertiary/aromatic N) is 4. The fraction of sp³-hybridized carbons (Fsp3) is 0.214. The lowest BCUT2D eigenvalue weighted by Crippen LogP contribution is -2.26. The van der Waals surface area contributed by atoms with E-state index in [9.17, 15) is 14.0 Å². The van der Waals surface area contributed by atoms with Gasteiger partial charge in [-0.2, -0.15) is 0 Å². The molecule has 0 aliphatic carbocycles. The van der Waals surface area contributed by atoms with Crippen molar-refractivity contribution in [1.29, 1.82) is 0 Å². The van der Waals surface area contributed by atoms with Gasteiger partial charge in [-0.25, -0.2) is 14.4 Å². The van der Waals surface area contributed by atoms with E-state index in [-0.39, 0.29) is 11.7 Å². The molecule has 196 valence electrons. The molecule has 0 aliphatic rings. The molecular formula is C28H30FN7O2. The topological polar surface area (TPSA) is 118 Å². The smallest absolute Gasteiger partial charge is 0.255 e. The lowest BCUT2D eigenvalue weighted by atomic mass is 10.1. The number of rotatable bonds is 8. The van der Waals surface area contributed by atoms with Crippen LogP contribution in [0.15, 0.2) is 67.0 Å². The molecule has 2 heterocycles. The van der Waals surface area contributed by atoms with Gasteiger partial charge < -0.3 is 21.3 Å². The van der Waals surface area contributed by atoms with Crippen molar-refractivity contribution in [2.45, 2.75) is 19.9 Å². The van der Waals surface area contributed by atoms with Gasteiger partial charge in [0.1, 0.15) is 28.7 Å². The molecule has 38 heavy (non-hydrogen) atoms. The monoisotopic (exact) mass is 515 g/mol. The molecule has 10 heteroatoms. The number of halogens is 1. The van der Waals surface area contributed by atoms with Gasteiger partial charge in [0, 0.05) is 41.8 Å². The number of hydrogen-bond donors (Lipinski definition) is 3. The normalized spacial score (nSPS) is 12.3. The van der Waals surface area contributed by atoms with E-state index in [0.29, 0.717) is 46.0 Å². The quantitative estimate of drug-likeness (QED) is 0.306. The number of benzene rings is 2. The highest BCUT2D eigenvalue weighted by molar-refractivity contribution is 6.05. The molecule has 0 unspecified atom stereocenters. The first-order chi connectivity index (χ1) is 18.1. The van der Waals surface area contributed by atoms with Crippen molar-refractivity contribution in [3.8, 4) is 11.3 Å². The summed E-state index contributed by atoms with van der Waals surface area (Å²) in [6, 6.07) is 11.0. The van der Waals surface area contributed by atoms with Crippen molar-refractivity contribution in [2.75, 3.05) is 31.7 Å². The Balaban J connectivity index is 1.65. The SMILES string of the molecule is Cc1ccc(NC(=O)c2cccc(-c3nc([C@H](C)NC(=O)/C=C/CN(C)C)n4ccnc(N)c34)c2)cc1F. The van der Waals surface area contributed by atoms with Crippen molar-refractivity contribution in [3.63, 3.8) is 0 Å². The molecule has 0 saturated carbocycles. The third kappa shape index (κ3) is 5.87. The number of nitrogens with two attached hydrogens (primary N) is 1. The summed E-state index contributed by atoms with van der Waals surface area (Å²) >= 11 is 0. The number of amides is 2. The molecule has 9 nitrogen and oxygen atoms in total. The van der Waals surface area contributed by atoms with Crippen LogP contribution in [-0.4, -0.2) is 51.7 Å². The largest absolute Gasteiger partial charge is 0.382 e. The first-order valence-corrected chi connectivity index (χ1v) is 12.1. The Hall–Kier alpha value is -4.57. The van der Waals surface area contributed by atoms with Gasteiger partial charge in [-0.1, -0.05) is 24.3 Å². The molecule has 0 fully saturated rings. The maximum atomic E-state index is 13.9. The second kappa shape index (κ2) is 11.2. The first-order valence-electron chi connectivity index (χ1n) is 12.1. The van der Waals surface area contributed by atoms with Gasteiger partial charge in [-0.3, -0.25) is 14.0 Å². The second-order valence-electron chi connectivity index (χ2n) is 9.24. The van der Waals surface area contributed by atoms with Gasteiger partial charge in [0.15, 0.2) is 0 Å². The Bertz CT molecular complexity index is 1530. The zero-order valence-electron chi connectivity index (χ0n) is 21.7. The number of aryl methyl sites for hydroxylation is 1. The minimum Gasteiger partial charge on any atom is -0.382 e. The van der Waals surface area contributed by atoms with Crippen molar-refractivity contribution in [3.05, 3.63) is 89.8 Å². The number of hydrogen-bond acceptors (Lipinski definition) is 6. The van der Waals surface area contributed by atoms with E-state index < -0.39 is 17.8 Å². The van der Waals surface area contributed by atoms with Gasteiger partial charge in [0.2, 0.25) is 5.91 Å². The van der Waals surface area contributed by atoms with Crippen molar-refractivity contribution >= 4 is 28.8 Å². The number of aromatic nitrogens is 3. The summed E-state index contributed by atoms with van der Waals surface area (Å²) in [6.45, 7) is 4.13. The summed E-state index contributed by atoms with van der Waals surface area (Å²) in [7, 11) is 3.84. The molecule has 4 rings (SSSR count). The van der Waals surface area contributed by atoms with Gasteiger partial charge in [-0.15, -0.1) is 0 Å². The number of anilines is 2. The third-order valence-electron chi connectivity index (χ3n) is 5.92. The molecule has 4 aromatic rings. The summed E-state index contributed by atoms with van der Waals surface area (Å²) in [5.74, 6) is -0.217. The zero-order chi connectivity index (χ0) is 27.4. The van der Waals surface area contributed by atoms with Gasteiger partial charge in [-0.05, 0) is 57.8 Å². The number of carbonyl (C=O) groups excluding carboxylic acids is 2. The Morgan fingerprint density at radius 1 is 1.21 bits per heavy atom. The minimum atomic E-state index is -0.447. The molecule has 2 aromatic heterocycles. The summed E-state index contributed by atoms with van der Waals surface area (Å²) in [6.07, 6.45) is 6.56. The third-order valence-corrected chi connectivity index (χ3v) is 5.92. The van der Waals surface area contributed by atoms with Crippen LogP contribution in [0.25, 0.3) is 16.8 Å². The van der Waals surface area contributed by atoms with Crippen LogP contribution in [0.2, 0.25) is 0 Å². The van der Waals surface area contributed by atoms with E-state index >= 15 is 0 Å². The van der Waals surface area contributed by atoms with E-state index in [1.165, 1.54) is 12.1 Å². The van der Waals surface area contributed by atoms with E-state index in [1.807, 2.05) is 32.0 Å². The Morgan fingerprint density at radius 2 is 2.00 bits per heavy atom. The Labute approximate surface area is 220 Å². The molecule has 1 atom stereocenters. The van der Waals surface area contributed by atoms with Crippen molar-refractivity contribution in [1.82, 2.24) is 24.6 Å². The summed E-state index contributed by atoms with van der Waals surface area (Å²) in [4.78, 5) is 36.3. The molecule has 0 aliphatic heterocycles. The molecule has 0 spiro atoms. The highest BCUT2D eigenvalue weighted by Crippen LogP contribution is 2.30. The van der Waals surface area contributed by atoms with Crippen LogP contribution in [0.1, 0.15) is 34.7 Å². The number of imidazole rings is 1. The van der Waals surface area contributed by atoms with Gasteiger partial charge >= 0.3 is 0 Å². The highest BCUT2D eigenvalue weighted by Gasteiger charge is 2.21. The van der Waals surface area contributed by atoms with Gasteiger partial charge in [0.25, 0.3) is 5.91 Å². The summed E-state index contributed by atoms with van der Waals surface area (Å²) in [5.41, 5.74) is 9.17. The lowest BCUT2D eigenvalue weighted by Gasteiger charge is -2.12. The Kier molecular flexibility index (Phi) is 7.82. The van der Waals surface area contributed by atoms with Crippen LogP contribution in [0, 0.1) is 12.7 Å². The highest BCUT2D eigenvalue weighted by atomic mass is 19.1. The predicted octanol–water partition coefficient (Wildman–Crippen LogP) is 3.97. The number of fused-ring (bicyclic) bond motifs is 1. The average Bonchev–Trinajstić information content (AvgIpc) is 3.27. The molecule has 2 amide bonds. The van der Waals surface area contributed by atoms with E-state index in [0.717, 1.165) is 0 Å². The van der Waals surface area contributed by atoms with E-state index in [4.69, 9.17) is 10.7 Å². The molecule has 0 saturated heterocycles. The number of nitrogen functional groups attached to an aromatic ring is 1. The van der Waals surface area contributed by atoms with Crippen LogP contribution in [0.4, 0.5) is 15.9 Å². The van der Waals surface area contributed by atoms with Crippen LogP contribution >= 0.6 is 0 Å². The van der Waals surface area contributed by atoms with Crippen molar-refractivity contribution in [2.24, 2.45) is 0 Å². The van der Waals surface area contributed by atoms with Crippen LogP contribution in [0.3, 0.4) is 0 Å². The lowest BCUT2D eigenvalue weighted by molar-refractivity contribution is -0.117. The predicted molar refractivity (Wildman–Crippen MR) is 146 cm³/mol. The van der Waals surface area contributed by atoms with E-state index in [2.05, 4.69) is 15.6 Å². The maximum absolute atomic E-state index is 13.9. The maximum Gasteiger partial charge on any atom is 0.255 e. The zero-order valence-corrected chi connectivity index (χ0v) is 21.7. The second-order valence-corrected chi connectivity index (χ2v) is 9.24. The number of carbonyl (C=O) groups is 2. The fourth-order valence-electron chi connectivity index (χ4n) is 3.97. The van der Waals surface area contributed by atoms with Crippen LogP contribution in [0.5, 0.6) is 0 Å². The fourth-order valence-corrected chi connectivity index (χ4v) is 3.97. The number of likely N-dealkylation sites (N-methyl/N-ethyl adjacent to an activating group) is 1. The Morgan fingerprint density at radius 3 is 2.74 bits per heavy atom. The molecule has 0 bridgehead atoms. The standard InChI is InChI=1S/C28H30FN7O2/c1-17-10-11-21(16-22(17)29)33-28(38)20-8-5-7-19(15-20)24-25-26(30)31-12-14-36(25)27(34-24)18(2)32-23(37)9-6-13-35(3)4/h5-12,14-16,18H,13H2,1-4H3,(H2,30,31)(H,32,37)(H,33,38)/b9-6+/t18-/m0/s1.